The van der Waals surface area contributed by atoms with Crippen molar-refractivity contribution in [1.29, 1.82) is 0 Å². The maximum atomic E-state index is 12.2. The highest BCUT2D eigenvalue weighted by atomic mass is 127. The number of nitrogens with two attached hydrogens (primary N) is 2. The van der Waals surface area contributed by atoms with Gasteiger partial charge in [-0.05, 0) is 154 Å². The lowest BCUT2D eigenvalue weighted by Gasteiger charge is -2.22. The average molecular weight is 1110 g/mol. The monoisotopic (exact) mass is 1110 g/mol. The number of halogens is 4. The Bertz CT molecular complexity index is 1410. The maximum Gasteiger partial charge on any atom is 0.408 e. The highest BCUT2D eigenvalue weighted by Gasteiger charge is 2.26. The first kappa shape index (κ1) is 41.5. The summed E-state index contributed by atoms with van der Waals surface area (Å²) in [6, 6.07) is 5.05. The fourth-order valence-corrected chi connectivity index (χ4v) is 7.88. The van der Waals surface area contributed by atoms with Crippen molar-refractivity contribution < 1.29 is 43.9 Å². The molecule has 18 heteroatoms. The number of alkyl carbamates (subject to hydrolysis) is 1. The van der Waals surface area contributed by atoms with Crippen LogP contribution in [0.15, 0.2) is 29.3 Å². The smallest absolute Gasteiger partial charge is 0.408 e. The number of hydrogen-bond acceptors (Lipinski definition) is 9. The molecule has 260 valence electrons. The number of ether oxygens (including phenoxy) is 3. The SMILES string of the molecule is CC(C)(C)OC(=O)NC(Cc1c(I)cc(Oc2cc(I)c(OCC(O)CN=C(N)NCCCC(N)C(=O)O)c(I)c2)cc1I)C(=O)O. The van der Waals surface area contributed by atoms with Gasteiger partial charge in [-0.15, -0.1) is 0 Å². The van der Waals surface area contributed by atoms with E-state index in [2.05, 4.69) is 106 Å². The van der Waals surface area contributed by atoms with Crippen LogP contribution in [0.4, 0.5) is 4.79 Å². The number of aliphatic hydroxyl groups is 1. The van der Waals surface area contributed by atoms with Crippen molar-refractivity contribution in [3.05, 3.63) is 44.1 Å². The zero-order chi connectivity index (χ0) is 35.5. The number of amides is 1. The molecule has 14 nitrogen and oxygen atoms in total. The molecule has 9 N–H and O–H groups in total. The van der Waals surface area contributed by atoms with Crippen LogP contribution in [-0.4, -0.2) is 82.8 Å². The number of benzene rings is 2. The van der Waals surface area contributed by atoms with E-state index in [4.69, 9.17) is 30.8 Å². The first-order valence-corrected chi connectivity index (χ1v) is 18.4. The lowest BCUT2D eigenvalue weighted by atomic mass is 10.1. The Balaban J connectivity index is 1.99. The van der Waals surface area contributed by atoms with Crippen molar-refractivity contribution in [2.75, 3.05) is 19.7 Å². The van der Waals surface area contributed by atoms with Crippen LogP contribution in [0.1, 0.15) is 39.2 Å². The summed E-state index contributed by atoms with van der Waals surface area (Å²) in [5, 5.41) is 34.2. The number of hydrogen-bond donors (Lipinski definition) is 7. The van der Waals surface area contributed by atoms with E-state index in [9.17, 15) is 24.6 Å². The molecule has 0 aliphatic heterocycles. The van der Waals surface area contributed by atoms with E-state index >= 15 is 0 Å². The third kappa shape index (κ3) is 15.2. The molecule has 0 heterocycles. The standard InChI is InChI=1S/C29H37I4N5O9/c1-29(2,3)47-28(44)38-23(26(42)43)11-17-18(30)7-15(8-19(17)31)46-16-9-20(32)24(21(33)10-16)45-13-14(39)12-37-27(35)36-6-4-5-22(34)25(40)41/h7-10,14,22-23,39H,4-6,11-13,34H2,1-3H3,(H,38,44)(H,40,41)(H,42,43)(H3,35,36,37). The highest BCUT2D eigenvalue weighted by Crippen LogP contribution is 2.35. The minimum absolute atomic E-state index is 0.000626. The Kier molecular flexibility index (Phi) is 17.3. The van der Waals surface area contributed by atoms with Gasteiger partial charge in [-0.25, -0.2) is 9.59 Å². The Morgan fingerprint density at radius 3 is 2.02 bits per heavy atom. The van der Waals surface area contributed by atoms with Gasteiger partial charge in [-0.1, -0.05) is 0 Å². The number of carbonyl (C=O) groups is 3. The molecule has 2 aromatic rings. The molecule has 0 radical (unpaired) electrons. The van der Waals surface area contributed by atoms with E-state index in [1.807, 2.05) is 0 Å². The van der Waals surface area contributed by atoms with E-state index in [1.165, 1.54) is 0 Å². The zero-order valence-corrected chi connectivity index (χ0v) is 34.3. The van der Waals surface area contributed by atoms with Crippen LogP contribution < -0.4 is 31.6 Å². The summed E-state index contributed by atoms with van der Waals surface area (Å²) in [5.74, 6) is -0.455. The lowest BCUT2D eigenvalue weighted by molar-refractivity contribution is -0.140. The van der Waals surface area contributed by atoms with Gasteiger partial charge in [-0.2, -0.15) is 0 Å². The van der Waals surface area contributed by atoms with Gasteiger partial charge < -0.3 is 51.6 Å². The Labute approximate surface area is 327 Å². The van der Waals surface area contributed by atoms with Crippen LogP contribution in [0, 0.1) is 14.3 Å². The molecule has 0 aliphatic carbocycles. The van der Waals surface area contributed by atoms with Gasteiger partial charge in [0.05, 0.1) is 13.7 Å². The number of nitrogens with one attached hydrogen (secondary N) is 2. The molecule has 3 unspecified atom stereocenters. The molecular formula is C29H37I4N5O9. The van der Waals surface area contributed by atoms with Gasteiger partial charge in [0.15, 0.2) is 5.96 Å². The van der Waals surface area contributed by atoms with Gasteiger partial charge in [0, 0.05) is 20.1 Å². The van der Waals surface area contributed by atoms with E-state index in [-0.39, 0.29) is 25.5 Å². The van der Waals surface area contributed by atoms with Crippen molar-refractivity contribution in [1.82, 2.24) is 10.6 Å². The summed E-state index contributed by atoms with van der Waals surface area (Å²) < 4.78 is 20.2. The molecule has 0 aromatic heterocycles. The zero-order valence-electron chi connectivity index (χ0n) is 25.7. The third-order valence-electron chi connectivity index (χ3n) is 5.93. The summed E-state index contributed by atoms with van der Waals surface area (Å²) in [4.78, 5) is 38.9. The van der Waals surface area contributed by atoms with E-state index in [1.54, 1.807) is 45.0 Å². The molecule has 0 fully saturated rings. The van der Waals surface area contributed by atoms with E-state index in [0.29, 0.717) is 36.6 Å². The van der Waals surface area contributed by atoms with Crippen molar-refractivity contribution in [3.63, 3.8) is 0 Å². The molecule has 1 amide bonds. The molecule has 0 aliphatic rings. The largest absolute Gasteiger partial charge is 0.489 e. The number of aliphatic carboxylic acids is 2. The van der Waals surface area contributed by atoms with Gasteiger partial charge >= 0.3 is 18.0 Å². The van der Waals surface area contributed by atoms with E-state index in [0.717, 1.165) is 19.8 Å². The topological polar surface area (TPSA) is 228 Å². The van der Waals surface area contributed by atoms with Crippen molar-refractivity contribution in [2.24, 2.45) is 16.5 Å². The summed E-state index contributed by atoms with van der Waals surface area (Å²) in [6.45, 7) is 5.46. The maximum absolute atomic E-state index is 12.2. The summed E-state index contributed by atoms with van der Waals surface area (Å²) >= 11 is 8.46. The minimum Gasteiger partial charge on any atom is -0.489 e. The Morgan fingerprint density at radius 1 is 0.957 bits per heavy atom. The first-order valence-electron chi connectivity index (χ1n) is 14.1. The molecule has 3 atom stereocenters. The molecule has 47 heavy (non-hydrogen) atoms. The minimum atomic E-state index is -1.18. The third-order valence-corrected chi connectivity index (χ3v) is 9.45. The fraction of sp³-hybridized carbons (Fsp3) is 0.448. The average Bonchev–Trinajstić information content (AvgIpc) is 2.93. The second-order valence-corrected chi connectivity index (χ2v) is 15.8. The van der Waals surface area contributed by atoms with Gasteiger partial charge in [-0.3, -0.25) is 9.79 Å². The highest BCUT2D eigenvalue weighted by molar-refractivity contribution is 14.1. The van der Waals surface area contributed by atoms with Crippen LogP contribution >= 0.6 is 90.4 Å². The normalized spacial score (nSPS) is 13.7. The number of carboxylic acids is 2. The van der Waals surface area contributed by atoms with Gasteiger partial charge in [0.25, 0.3) is 0 Å². The van der Waals surface area contributed by atoms with Crippen molar-refractivity contribution in [2.45, 2.75) is 63.8 Å². The molecule has 0 bridgehead atoms. The number of carboxylic acid groups (broad SMARTS) is 2. The molecule has 2 aromatic carbocycles. The Morgan fingerprint density at radius 2 is 1.51 bits per heavy atom. The number of aliphatic hydroxyl groups excluding tert-OH is 1. The van der Waals surface area contributed by atoms with Crippen LogP contribution in [0.3, 0.4) is 0 Å². The fourth-order valence-electron chi connectivity index (χ4n) is 3.71. The predicted octanol–water partition coefficient (Wildman–Crippen LogP) is 4.25. The lowest BCUT2D eigenvalue weighted by Crippen LogP contribution is -2.44. The summed E-state index contributed by atoms with van der Waals surface area (Å²) in [7, 11) is 0. The number of rotatable bonds is 16. The second-order valence-electron chi connectivity index (χ2n) is 11.1. The van der Waals surface area contributed by atoms with Gasteiger partial charge in [0.2, 0.25) is 0 Å². The predicted molar refractivity (Wildman–Crippen MR) is 209 cm³/mol. The van der Waals surface area contributed by atoms with Crippen molar-refractivity contribution in [3.8, 4) is 17.2 Å². The van der Waals surface area contributed by atoms with Crippen molar-refractivity contribution >= 4 is 114 Å². The Hall–Kier alpha value is -1.64. The molecule has 2 rings (SSSR count). The first-order chi connectivity index (χ1) is 21.9. The van der Waals surface area contributed by atoms with Crippen LogP contribution in [-0.2, 0) is 20.7 Å². The van der Waals surface area contributed by atoms with Crippen LogP contribution in [0.25, 0.3) is 0 Å². The van der Waals surface area contributed by atoms with E-state index < -0.39 is 41.8 Å². The number of aliphatic imine (C=N–C) groups is 1. The molecule has 0 saturated carbocycles. The van der Waals surface area contributed by atoms with Crippen LogP contribution in [0.5, 0.6) is 17.2 Å². The number of carbonyl (C=O) groups excluding carboxylic acids is 1. The number of guanidine groups is 1. The summed E-state index contributed by atoms with van der Waals surface area (Å²) in [5.41, 5.74) is 11.3. The molecule has 0 saturated heterocycles. The van der Waals surface area contributed by atoms with Gasteiger partial charge in [0.1, 0.15) is 47.6 Å². The summed E-state index contributed by atoms with van der Waals surface area (Å²) in [6.07, 6.45) is -0.888. The molecular weight excluding hydrogens is 1070 g/mol. The molecule has 0 spiro atoms. The second kappa shape index (κ2) is 19.5. The van der Waals surface area contributed by atoms with Crippen LogP contribution in [0.2, 0.25) is 0 Å². The quantitative estimate of drug-likeness (QED) is 0.0542. The number of nitrogens with zero attached hydrogens (tertiary/aromatic N) is 1.